The highest BCUT2D eigenvalue weighted by Gasteiger charge is 2.22. The maximum Gasteiger partial charge on any atom is 0.227 e. The normalized spacial score (nSPS) is 15.4. The number of β-amino-alcohol motifs (C(OH)–C–C–N with tert-alkyl or cyclic N) is 1. The number of aliphatic hydroxyl groups excluding tert-OH is 1. The molecule has 212 valence electrons. The fourth-order valence-electron chi connectivity index (χ4n) is 4.85. The number of hydrogen-bond donors (Lipinski definition) is 1. The van der Waals surface area contributed by atoms with Crippen LogP contribution in [0.25, 0.3) is 33.8 Å². The predicted octanol–water partition coefficient (Wildman–Crippen LogP) is 6.67. The molecule has 41 heavy (non-hydrogen) atoms. The van der Waals surface area contributed by atoms with Gasteiger partial charge in [0.25, 0.3) is 0 Å². The first-order valence-corrected chi connectivity index (χ1v) is 14.4. The van der Waals surface area contributed by atoms with Gasteiger partial charge in [0.2, 0.25) is 5.89 Å². The minimum Gasteiger partial charge on any atom is -0.491 e. The number of aromatic nitrogens is 2. The van der Waals surface area contributed by atoms with Gasteiger partial charge in [-0.1, -0.05) is 46.0 Å². The molecule has 0 amide bonds. The monoisotopic (exact) mass is 612 g/mol. The smallest absolute Gasteiger partial charge is 0.227 e. The van der Waals surface area contributed by atoms with E-state index in [-0.39, 0.29) is 6.61 Å². The molecule has 1 atom stereocenters. The second kappa shape index (κ2) is 12.4. The first-order valence-electron chi connectivity index (χ1n) is 13.2. The van der Waals surface area contributed by atoms with Crippen LogP contribution in [0.1, 0.15) is 5.76 Å². The van der Waals surface area contributed by atoms with Crippen molar-refractivity contribution in [1.82, 2.24) is 19.9 Å². The molecule has 0 spiro atoms. The number of benzene rings is 3. The second-order valence-electron chi connectivity index (χ2n) is 9.97. The molecule has 3 aromatic carbocycles. The van der Waals surface area contributed by atoms with Crippen LogP contribution in [0.3, 0.4) is 0 Å². The van der Waals surface area contributed by atoms with Crippen molar-refractivity contribution in [1.29, 1.82) is 0 Å². The number of fused-ring (bicyclic) bond motifs is 1. The number of rotatable bonds is 9. The van der Waals surface area contributed by atoms with Gasteiger partial charge >= 0.3 is 0 Å². The molecule has 0 bridgehead atoms. The zero-order chi connectivity index (χ0) is 28.3. The second-order valence-corrected chi connectivity index (χ2v) is 11.2. The molecule has 1 aliphatic rings. The molecule has 1 saturated heterocycles. The summed E-state index contributed by atoms with van der Waals surface area (Å²) in [6, 6.07) is 20.0. The maximum absolute atomic E-state index is 10.6. The maximum atomic E-state index is 10.6. The van der Waals surface area contributed by atoms with Crippen LogP contribution in [0.5, 0.6) is 5.75 Å². The van der Waals surface area contributed by atoms with Crippen molar-refractivity contribution in [2.75, 3.05) is 39.3 Å². The molecule has 0 saturated carbocycles. The number of aliphatic hydroxyl groups is 1. The van der Waals surface area contributed by atoms with Gasteiger partial charge in [0.05, 0.1) is 16.6 Å². The summed E-state index contributed by atoms with van der Waals surface area (Å²) in [5.41, 5.74) is 3.50. The molecule has 0 aliphatic carbocycles. The highest BCUT2D eigenvalue weighted by atomic mass is 35.5. The Morgan fingerprint density at radius 2 is 1.63 bits per heavy atom. The van der Waals surface area contributed by atoms with Gasteiger partial charge in [-0.15, -0.1) is 0 Å². The number of nitrogens with zero attached hydrogens (tertiary/aromatic N) is 4. The lowest BCUT2D eigenvalue weighted by Gasteiger charge is -2.35. The van der Waals surface area contributed by atoms with Crippen molar-refractivity contribution in [2.45, 2.75) is 12.6 Å². The van der Waals surface area contributed by atoms with Crippen LogP contribution >= 0.6 is 34.8 Å². The molecule has 8 nitrogen and oxygen atoms in total. The Morgan fingerprint density at radius 1 is 0.902 bits per heavy atom. The van der Waals surface area contributed by atoms with Crippen LogP contribution in [-0.4, -0.2) is 70.5 Å². The third-order valence-corrected chi connectivity index (χ3v) is 7.87. The van der Waals surface area contributed by atoms with Crippen LogP contribution in [0.15, 0.2) is 75.7 Å². The Labute approximate surface area is 252 Å². The molecule has 1 N–H and O–H groups in total. The Bertz CT molecular complexity index is 1610. The predicted molar refractivity (Wildman–Crippen MR) is 160 cm³/mol. The first kappa shape index (κ1) is 28.0. The summed E-state index contributed by atoms with van der Waals surface area (Å²) in [5.74, 6) is 1.89. The van der Waals surface area contributed by atoms with Crippen molar-refractivity contribution in [3.8, 4) is 28.5 Å². The molecule has 0 radical (unpaired) electrons. The largest absolute Gasteiger partial charge is 0.491 e. The van der Waals surface area contributed by atoms with E-state index in [2.05, 4.69) is 19.9 Å². The minimum atomic E-state index is -0.628. The molecule has 1 fully saturated rings. The van der Waals surface area contributed by atoms with E-state index in [0.29, 0.717) is 62.2 Å². The Morgan fingerprint density at radius 3 is 2.39 bits per heavy atom. The minimum absolute atomic E-state index is 0.180. The van der Waals surface area contributed by atoms with E-state index >= 15 is 0 Å². The molecule has 1 aliphatic heterocycles. The number of halogens is 3. The number of piperazine rings is 1. The average molecular weight is 614 g/mol. The third-order valence-electron chi connectivity index (χ3n) is 6.98. The van der Waals surface area contributed by atoms with Crippen LogP contribution in [0, 0.1) is 0 Å². The summed E-state index contributed by atoms with van der Waals surface area (Å²) >= 11 is 18.6. The average Bonchev–Trinajstić information content (AvgIpc) is 3.60. The quantitative estimate of drug-likeness (QED) is 0.197. The highest BCUT2D eigenvalue weighted by Crippen LogP contribution is 2.34. The highest BCUT2D eigenvalue weighted by molar-refractivity contribution is 6.39. The summed E-state index contributed by atoms with van der Waals surface area (Å²) in [6.45, 7) is 4.68. The molecule has 6 rings (SSSR count). The molecule has 3 heterocycles. The lowest BCUT2D eigenvalue weighted by molar-refractivity contribution is 0.0430. The zero-order valence-electron chi connectivity index (χ0n) is 22.0. The van der Waals surface area contributed by atoms with Crippen molar-refractivity contribution in [2.24, 2.45) is 0 Å². The molecular formula is C30H27Cl3N4O4. The fourth-order valence-corrected chi connectivity index (χ4v) is 5.57. The Hall–Kier alpha value is -3.11. The van der Waals surface area contributed by atoms with Gasteiger partial charge < -0.3 is 18.8 Å². The number of oxazole rings is 1. The summed E-state index contributed by atoms with van der Waals surface area (Å²) in [6.07, 6.45) is -0.628. The number of hydrogen-bond acceptors (Lipinski definition) is 8. The van der Waals surface area contributed by atoms with E-state index in [9.17, 15) is 5.11 Å². The van der Waals surface area contributed by atoms with E-state index in [1.165, 1.54) is 0 Å². The summed E-state index contributed by atoms with van der Waals surface area (Å²) in [5, 5.41) is 16.5. The molecule has 5 aromatic rings. The fraction of sp³-hybridized carbons (Fsp3) is 0.267. The van der Waals surface area contributed by atoms with Crippen LogP contribution in [0.4, 0.5) is 0 Å². The topological polar surface area (TPSA) is 88.0 Å². The lowest BCUT2D eigenvalue weighted by atomic mass is 10.1. The van der Waals surface area contributed by atoms with Crippen molar-refractivity contribution >= 4 is 45.9 Å². The summed E-state index contributed by atoms with van der Waals surface area (Å²) < 4.78 is 17.3. The van der Waals surface area contributed by atoms with Gasteiger partial charge in [0.1, 0.15) is 29.7 Å². The molecule has 2 aromatic heterocycles. The standard InChI is InChI=1S/C30H27Cl3N4O4/c31-20-6-4-19(5-7-20)30-34-26-14-22(8-9-28(26)40-30)39-18-21(38)16-36-10-12-37(13-11-36)17-23-15-27(35-41-23)29-24(32)2-1-3-25(29)33/h1-9,14-15,21,38H,10-13,16-18H2. The lowest BCUT2D eigenvalue weighted by Crippen LogP contribution is -2.48. The van der Waals surface area contributed by atoms with Gasteiger partial charge in [-0.2, -0.15) is 0 Å². The summed E-state index contributed by atoms with van der Waals surface area (Å²) in [7, 11) is 0. The van der Waals surface area contributed by atoms with Gasteiger partial charge in [-0.25, -0.2) is 4.98 Å². The van der Waals surface area contributed by atoms with Gasteiger partial charge in [0, 0.05) is 61.0 Å². The Balaban J connectivity index is 0.968. The van der Waals surface area contributed by atoms with E-state index in [4.69, 9.17) is 48.5 Å². The van der Waals surface area contributed by atoms with Gasteiger partial charge in [-0.3, -0.25) is 9.80 Å². The van der Waals surface area contributed by atoms with Crippen LogP contribution < -0.4 is 4.74 Å². The Kier molecular flexibility index (Phi) is 8.48. The number of ether oxygens (including phenoxy) is 1. The summed E-state index contributed by atoms with van der Waals surface area (Å²) in [4.78, 5) is 9.10. The molecule has 11 heteroatoms. The SMILES string of the molecule is OC(COc1ccc2oc(-c3ccc(Cl)cc3)nc2c1)CN1CCN(Cc2cc(-c3c(Cl)cccc3Cl)no2)CC1. The van der Waals surface area contributed by atoms with E-state index in [1.807, 2.05) is 36.4 Å². The van der Waals surface area contributed by atoms with E-state index in [1.54, 1.807) is 30.3 Å². The van der Waals surface area contributed by atoms with E-state index in [0.717, 1.165) is 37.5 Å². The third kappa shape index (κ3) is 6.70. The molecule has 1 unspecified atom stereocenters. The van der Waals surface area contributed by atoms with Crippen molar-refractivity contribution in [3.05, 3.63) is 87.6 Å². The van der Waals surface area contributed by atoms with Crippen LogP contribution in [-0.2, 0) is 6.54 Å². The van der Waals surface area contributed by atoms with Crippen molar-refractivity contribution < 1.29 is 18.8 Å². The van der Waals surface area contributed by atoms with Gasteiger partial charge in [0.15, 0.2) is 11.3 Å². The molecular weight excluding hydrogens is 587 g/mol. The van der Waals surface area contributed by atoms with Gasteiger partial charge in [-0.05, 0) is 48.5 Å². The first-order chi connectivity index (χ1) is 19.9. The van der Waals surface area contributed by atoms with E-state index < -0.39 is 6.10 Å². The van der Waals surface area contributed by atoms with Crippen LogP contribution in [0.2, 0.25) is 15.1 Å². The van der Waals surface area contributed by atoms with Crippen molar-refractivity contribution in [3.63, 3.8) is 0 Å². The zero-order valence-corrected chi connectivity index (χ0v) is 24.2.